The Morgan fingerprint density at radius 1 is 1.07 bits per heavy atom. The molecule has 0 spiro atoms. The van der Waals surface area contributed by atoms with Crippen LogP contribution in [0.3, 0.4) is 0 Å². The molecule has 1 heterocycles. The van der Waals surface area contributed by atoms with E-state index >= 15 is 0 Å². The topological polar surface area (TPSA) is 34.6 Å². The average molecular weight is 383 g/mol. The Labute approximate surface area is 165 Å². The van der Waals surface area contributed by atoms with Gasteiger partial charge in [-0.15, -0.1) is 11.3 Å². The summed E-state index contributed by atoms with van der Waals surface area (Å²) in [5.74, 6) is 1.50. The van der Waals surface area contributed by atoms with Crippen molar-refractivity contribution < 1.29 is 9.47 Å². The fourth-order valence-electron chi connectivity index (χ4n) is 3.00. The number of thiazole rings is 1. The second-order valence-corrected chi connectivity index (χ2v) is 7.40. The molecule has 2 aromatic carbocycles. The fourth-order valence-corrected chi connectivity index (χ4v) is 3.81. The molecule has 0 N–H and O–H groups in total. The van der Waals surface area contributed by atoms with Gasteiger partial charge in [0.2, 0.25) is 0 Å². The molecule has 5 heteroatoms. The number of nitrogens with zero attached hydrogens (tertiary/aromatic N) is 2. The van der Waals surface area contributed by atoms with Gasteiger partial charge in [-0.05, 0) is 50.2 Å². The zero-order chi connectivity index (χ0) is 19.2. The Hall–Kier alpha value is -2.37. The Morgan fingerprint density at radius 2 is 1.89 bits per heavy atom. The third-order valence-corrected chi connectivity index (χ3v) is 5.34. The van der Waals surface area contributed by atoms with Crippen molar-refractivity contribution in [1.82, 2.24) is 9.88 Å². The van der Waals surface area contributed by atoms with E-state index in [2.05, 4.69) is 48.5 Å². The van der Waals surface area contributed by atoms with Crippen LogP contribution in [0.1, 0.15) is 23.7 Å². The number of aryl methyl sites for hydroxylation is 1. The van der Waals surface area contributed by atoms with Gasteiger partial charge in [-0.1, -0.05) is 24.3 Å². The van der Waals surface area contributed by atoms with Gasteiger partial charge in [0.15, 0.2) is 11.5 Å². The van der Waals surface area contributed by atoms with Crippen LogP contribution in [0.25, 0.3) is 10.6 Å². The number of hydrogen-bond acceptors (Lipinski definition) is 5. The predicted molar refractivity (Wildman–Crippen MR) is 112 cm³/mol. The first-order valence-corrected chi connectivity index (χ1v) is 9.97. The van der Waals surface area contributed by atoms with Gasteiger partial charge >= 0.3 is 0 Å². The summed E-state index contributed by atoms with van der Waals surface area (Å²) in [5.41, 5.74) is 4.81. The van der Waals surface area contributed by atoms with Gasteiger partial charge in [-0.2, -0.15) is 0 Å². The molecular weight excluding hydrogens is 356 g/mol. The van der Waals surface area contributed by atoms with Crippen molar-refractivity contribution in [1.29, 1.82) is 0 Å². The van der Waals surface area contributed by atoms with E-state index in [0.29, 0.717) is 6.61 Å². The van der Waals surface area contributed by atoms with Crippen LogP contribution < -0.4 is 9.47 Å². The number of rotatable bonds is 8. The summed E-state index contributed by atoms with van der Waals surface area (Å²) < 4.78 is 11.0. The van der Waals surface area contributed by atoms with E-state index in [1.165, 1.54) is 11.1 Å². The van der Waals surface area contributed by atoms with Gasteiger partial charge in [-0.25, -0.2) is 4.98 Å². The molecule has 0 aliphatic heterocycles. The second-order valence-electron chi connectivity index (χ2n) is 6.54. The highest BCUT2D eigenvalue weighted by atomic mass is 32.1. The van der Waals surface area contributed by atoms with Crippen LogP contribution in [-0.2, 0) is 13.1 Å². The van der Waals surface area contributed by atoms with E-state index in [-0.39, 0.29) is 0 Å². The number of ether oxygens (including phenoxy) is 2. The summed E-state index contributed by atoms with van der Waals surface area (Å²) in [4.78, 5) is 7.11. The van der Waals surface area contributed by atoms with Crippen LogP contribution in [0, 0.1) is 6.92 Å². The lowest BCUT2D eigenvalue weighted by Crippen LogP contribution is -2.18. The Morgan fingerprint density at radius 3 is 2.63 bits per heavy atom. The van der Waals surface area contributed by atoms with Gasteiger partial charge in [-0.3, -0.25) is 4.90 Å². The van der Waals surface area contributed by atoms with Crippen molar-refractivity contribution in [3.05, 3.63) is 64.7 Å². The number of methoxy groups -OCH3 is 1. The van der Waals surface area contributed by atoms with Crippen LogP contribution in [0.2, 0.25) is 0 Å². The first-order chi connectivity index (χ1) is 13.1. The lowest BCUT2D eigenvalue weighted by atomic mass is 10.1. The number of benzene rings is 2. The molecule has 1 aromatic heterocycles. The highest BCUT2D eigenvalue weighted by Gasteiger charge is 2.11. The summed E-state index contributed by atoms with van der Waals surface area (Å²) in [6, 6.07) is 14.5. The molecule has 0 bridgehead atoms. The molecule has 0 aliphatic rings. The minimum absolute atomic E-state index is 0.615. The summed E-state index contributed by atoms with van der Waals surface area (Å²) >= 11 is 1.66. The van der Waals surface area contributed by atoms with Crippen LogP contribution in [0.4, 0.5) is 0 Å². The molecule has 3 aromatic rings. The van der Waals surface area contributed by atoms with Crippen molar-refractivity contribution >= 4 is 11.3 Å². The summed E-state index contributed by atoms with van der Waals surface area (Å²) in [7, 11) is 3.79. The predicted octanol–water partition coefficient (Wildman–Crippen LogP) is 5.16. The SMILES string of the molecule is CCOc1ccc(-c2nc(CN(C)Cc3ccccc3C)cs2)cc1OC. The molecule has 0 saturated heterocycles. The maximum Gasteiger partial charge on any atom is 0.161 e. The quantitative estimate of drug-likeness (QED) is 0.539. The lowest BCUT2D eigenvalue weighted by molar-refractivity contribution is 0.311. The van der Waals surface area contributed by atoms with Crippen molar-refractivity contribution in [2.75, 3.05) is 20.8 Å². The molecule has 0 saturated carbocycles. The largest absolute Gasteiger partial charge is 0.493 e. The molecule has 0 amide bonds. The van der Waals surface area contributed by atoms with Crippen LogP contribution in [0.5, 0.6) is 11.5 Å². The van der Waals surface area contributed by atoms with Crippen molar-refractivity contribution in [3.8, 4) is 22.1 Å². The minimum atomic E-state index is 0.615. The summed E-state index contributed by atoms with van der Waals surface area (Å²) in [6.07, 6.45) is 0. The minimum Gasteiger partial charge on any atom is -0.493 e. The van der Waals surface area contributed by atoms with Crippen molar-refractivity contribution in [3.63, 3.8) is 0 Å². The molecular formula is C22H26N2O2S. The summed E-state index contributed by atoms with van der Waals surface area (Å²) in [6.45, 7) is 6.47. The zero-order valence-electron chi connectivity index (χ0n) is 16.4. The Kier molecular flexibility index (Phi) is 6.48. The first-order valence-electron chi connectivity index (χ1n) is 9.09. The van der Waals surface area contributed by atoms with E-state index in [4.69, 9.17) is 14.5 Å². The van der Waals surface area contributed by atoms with E-state index in [0.717, 1.165) is 40.9 Å². The highest BCUT2D eigenvalue weighted by molar-refractivity contribution is 7.13. The average Bonchev–Trinajstić information content (AvgIpc) is 3.12. The van der Waals surface area contributed by atoms with Gasteiger partial charge in [0, 0.05) is 24.0 Å². The normalized spacial score (nSPS) is 11.0. The van der Waals surface area contributed by atoms with Crippen molar-refractivity contribution in [2.24, 2.45) is 0 Å². The van der Waals surface area contributed by atoms with Gasteiger partial charge < -0.3 is 9.47 Å². The van der Waals surface area contributed by atoms with E-state index in [1.54, 1.807) is 18.4 Å². The standard InChI is InChI=1S/C22H26N2O2S/c1-5-26-20-11-10-17(12-21(20)25-4)22-23-19(15-27-22)14-24(3)13-18-9-7-6-8-16(18)2/h6-12,15H,5,13-14H2,1-4H3. The maximum absolute atomic E-state index is 5.59. The monoisotopic (exact) mass is 382 g/mol. The van der Waals surface area contributed by atoms with Gasteiger partial charge in [0.1, 0.15) is 5.01 Å². The van der Waals surface area contributed by atoms with E-state index in [1.807, 2.05) is 25.1 Å². The molecule has 4 nitrogen and oxygen atoms in total. The molecule has 0 unspecified atom stereocenters. The third-order valence-electron chi connectivity index (χ3n) is 4.40. The fraction of sp³-hybridized carbons (Fsp3) is 0.318. The van der Waals surface area contributed by atoms with E-state index < -0.39 is 0 Å². The number of hydrogen-bond donors (Lipinski definition) is 0. The molecule has 0 aliphatic carbocycles. The van der Waals surface area contributed by atoms with Gasteiger partial charge in [0.25, 0.3) is 0 Å². The smallest absolute Gasteiger partial charge is 0.161 e. The molecule has 3 rings (SSSR count). The molecule has 0 fully saturated rings. The maximum atomic E-state index is 5.59. The van der Waals surface area contributed by atoms with Gasteiger partial charge in [0.05, 0.1) is 19.4 Å². The Balaban J connectivity index is 1.70. The van der Waals surface area contributed by atoms with Crippen LogP contribution in [0.15, 0.2) is 47.8 Å². The Bertz CT molecular complexity index is 892. The third kappa shape index (κ3) is 4.87. The molecule has 142 valence electrons. The lowest BCUT2D eigenvalue weighted by Gasteiger charge is -2.16. The highest BCUT2D eigenvalue weighted by Crippen LogP contribution is 2.34. The molecule has 0 atom stereocenters. The van der Waals surface area contributed by atoms with Crippen LogP contribution >= 0.6 is 11.3 Å². The van der Waals surface area contributed by atoms with Crippen LogP contribution in [-0.4, -0.2) is 30.6 Å². The van der Waals surface area contributed by atoms with Crippen molar-refractivity contribution in [2.45, 2.75) is 26.9 Å². The first kappa shape index (κ1) is 19.4. The molecule has 0 radical (unpaired) electrons. The summed E-state index contributed by atoms with van der Waals surface area (Å²) in [5, 5.41) is 3.13. The second kappa shape index (κ2) is 9.02. The molecule has 27 heavy (non-hydrogen) atoms. The number of aromatic nitrogens is 1. The zero-order valence-corrected chi connectivity index (χ0v) is 17.2. The van der Waals surface area contributed by atoms with E-state index in [9.17, 15) is 0 Å².